The number of benzene rings is 1. The lowest BCUT2D eigenvalue weighted by molar-refractivity contribution is 0.0603. The fraction of sp³-hybridized carbons (Fsp3) is 0.417. The maximum absolute atomic E-state index is 14.1. The normalized spacial score (nSPS) is 22.4. The van der Waals surface area contributed by atoms with E-state index in [4.69, 9.17) is 16.3 Å². The van der Waals surface area contributed by atoms with E-state index < -0.39 is 5.82 Å². The quantitative estimate of drug-likeness (QED) is 0.729. The summed E-state index contributed by atoms with van der Waals surface area (Å²) in [6.45, 7) is 2.18. The molecule has 1 N–H and O–H groups in total. The molecule has 0 unspecified atom stereocenters. The number of nitrogens with one attached hydrogen (secondary N) is 1. The van der Waals surface area contributed by atoms with Crippen molar-refractivity contribution in [3.05, 3.63) is 26.9 Å². The van der Waals surface area contributed by atoms with Crippen molar-refractivity contribution >= 4 is 33.4 Å². The summed E-state index contributed by atoms with van der Waals surface area (Å²) in [6, 6.07) is 1.10. The summed E-state index contributed by atoms with van der Waals surface area (Å²) in [6.07, 6.45) is 0. The van der Waals surface area contributed by atoms with Gasteiger partial charge in [-0.05, 0) is 22.0 Å². The van der Waals surface area contributed by atoms with Crippen LogP contribution in [-0.4, -0.2) is 43.1 Å². The van der Waals surface area contributed by atoms with Crippen LogP contribution in [0.15, 0.2) is 10.5 Å². The van der Waals surface area contributed by atoms with Crippen LogP contribution in [0, 0.1) is 5.82 Å². The van der Waals surface area contributed by atoms with E-state index in [2.05, 4.69) is 21.2 Å². The Labute approximate surface area is 123 Å². The minimum absolute atomic E-state index is 0.0717. The first-order valence-corrected chi connectivity index (χ1v) is 7.08. The number of hydrogen-bond acceptors (Lipinski definition) is 3. The van der Waals surface area contributed by atoms with E-state index in [0.717, 1.165) is 0 Å². The number of carbonyl (C=O) groups excluding carboxylic acids is 1. The van der Waals surface area contributed by atoms with Crippen LogP contribution in [0.1, 0.15) is 10.4 Å². The van der Waals surface area contributed by atoms with Crippen molar-refractivity contribution in [2.24, 2.45) is 0 Å². The summed E-state index contributed by atoms with van der Waals surface area (Å²) in [5.41, 5.74) is -0.0717. The lowest BCUT2D eigenvalue weighted by Crippen LogP contribution is -2.54. The summed E-state index contributed by atoms with van der Waals surface area (Å²) >= 11 is 9.25. The topological polar surface area (TPSA) is 41.6 Å². The molecule has 1 fully saturated rings. The van der Waals surface area contributed by atoms with Gasteiger partial charge < -0.3 is 15.0 Å². The Morgan fingerprint density at radius 2 is 2.37 bits per heavy atom. The molecule has 0 spiro atoms. The molecule has 7 heteroatoms. The fourth-order valence-electron chi connectivity index (χ4n) is 2.41. The van der Waals surface area contributed by atoms with Crippen LogP contribution in [0.25, 0.3) is 0 Å². The van der Waals surface area contributed by atoms with Gasteiger partial charge >= 0.3 is 0 Å². The third-order valence-electron chi connectivity index (χ3n) is 3.37. The van der Waals surface area contributed by atoms with Crippen molar-refractivity contribution in [1.82, 2.24) is 10.2 Å². The molecule has 4 nitrogen and oxygen atoms in total. The highest BCUT2D eigenvalue weighted by atomic mass is 79.9. The molecule has 0 bridgehead atoms. The number of nitrogens with zero attached hydrogens (tertiary/aromatic N) is 1. The number of ether oxygens (including phenoxy) is 1. The Balaban J connectivity index is 2.12. The van der Waals surface area contributed by atoms with Crippen molar-refractivity contribution in [3.8, 4) is 5.75 Å². The molecular weight excluding hydrogens is 338 g/mol. The first kappa shape index (κ1) is 13.1. The Morgan fingerprint density at radius 1 is 1.58 bits per heavy atom. The number of hydrogen-bond donors (Lipinski definition) is 1. The van der Waals surface area contributed by atoms with E-state index in [-0.39, 0.29) is 28.3 Å². The predicted molar refractivity (Wildman–Crippen MR) is 72.3 cm³/mol. The molecule has 1 aromatic carbocycles. The Kier molecular flexibility index (Phi) is 3.41. The van der Waals surface area contributed by atoms with Crippen LogP contribution < -0.4 is 10.1 Å². The molecule has 0 radical (unpaired) electrons. The number of amides is 1. The lowest BCUT2D eigenvalue weighted by Gasteiger charge is -2.33. The summed E-state index contributed by atoms with van der Waals surface area (Å²) in [5.74, 6) is -0.839. The summed E-state index contributed by atoms with van der Waals surface area (Å²) in [4.78, 5) is 14.1. The van der Waals surface area contributed by atoms with Crippen LogP contribution in [0.5, 0.6) is 5.75 Å². The van der Waals surface area contributed by atoms with Crippen LogP contribution >= 0.6 is 27.5 Å². The molecule has 1 aromatic rings. The van der Waals surface area contributed by atoms with E-state index in [0.29, 0.717) is 30.7 Å². The van der Waals surface area contributed by atoms with Gasteiger partial charge in [0, 0.05) is 24.1 Å². The number of piperazine rings is 1. The highest BCUT2D eigenvalue weighted by Gasteiger charge is 2.36. The first-order valence-electron chi connectivity index (χ1n) is 5.91. The van der Waals surface area contributed by atoms with E-state index in [9.17, 15) is 9.18 Å². The molecule has 3 rings (SSSR count). The fourth-order valence-corrected chi connectivity index (χ4v) is 2.99. The second-order valence-electron chi connectivity index (χ2n) is 4.53. The van der Waals surface area contributed by atoms with Gasteiger partial charge in [-0.15, -0.1) is 0 Å². The minimum atomic E-state index is -0.615. The van der Waals surface area contributed by atoms with Crippen molar-refractivity contribution < 1.29 is 13.9 Å². The molecule has 2 aliphatic heterocycles. The van der Waals surface area contributed by atoms with Gasteiger partial charge in [0.1, 0.15) is 18.0 Å². The average molecular weight is 350 g/mol. The van der Waals surface area contributed by atoms with E-state index >= 15 is 0 Å². The minimum Gasteiger partial charge on any atom is -0.489 e. The zero-order valence-corrected chi connectivity index (χ0v) is 12.2. The van der Waals surface area contributed by atoms with Gasteiger partial charge in [-0.3, -0.25) is 4.79 Å². The summed E-state index contributed by atoms with van der Waals surface area (Å²) in [5, 5.41) is 3.42. The average Bonchev–Trinajstić information content (AvgIpc) is 2.54. The highest BCUT2D eigenvalue weighted by molar-refractivity contribution is 9.10. The number of fused-ring (bicyclic) bond motifs is 2. The Morgan fingerprint density at radius 3 is 3.16 bits per heavy atom. The number of carbonyl (C=O) groups is 1. The number of rotatable bonds is 0. The van der Waals surface area contributed by atoms with Crippen molar-refractivity contribution in [2.75, 3.05) is 26.2 Å². The SMILES string of the molecule is O=C1c2c(F)cc(Br)c(Cl)c2OC[C@H]2CNCCN12. The largest absolute Gasteiger partial charge is 0.489 e. The van der Waals surface area contributed by atoms with E-state index in [1.807, 2.05) is 0 Å². The lowest BCUT2D eigenvalue weighted by atomic mass is 10.1. The van der Waals surface area contributed by atoms with Crippen LogP contribution in [0.2, 0.25) is 5.02 Å². The summed E-state index contributed by atoms with van der Waals surface area (Å²) < 4.78 is 20.0. The molecule has 102 valence electrons. The smallest absolute Gasteiger partial charge is 0.261 e. The molecule has 0 aliphatic carbocycles. The molecule has 0 aromatic heterocycles. The van der Waals surface area contributed by atoms with Gasteiger partial charge in [0.25, 0.3) is 5.91 Å². The van der Waals surface area contributed by atoms with Gasteiger partial charge in [-0.25, -0.2) is 4.39 Å². The molecule has 1 atom stereocenters. The predicted octanol–water partition coefficient (Wildman–Crippen LogP) is 2.05. The Hall–Kier alpha value is -0.850. The molecular formula is C12H11BrClFN2O2. The van der Waals surface area contributed by atoms with Gasteiger partial charge in [-0.2, -0.15) is 0 Å². The zero-order valence-electron chi connectivity index (χ0n) is 9.88. The monoisotopic (exact) mass is 348 g/mol. The molecule has 1 saturated heterocycles. The standard InChI is InChI=1S/C12H11BrClFN2O2/c13-7-3-8(15)9-11(10(7)14)19-5-6-4-16-1-2-17(6)12(9)18/h3,6,16H,1-2,4-5H2/t6-/m1/s1. The zero-order chi connectivity index (χ0) is 13.6. The van der Waals surface area contributed by atoms with E-state index in [1.54, 1.807) is 4.90 Å². The van der Waals surface area contributed by atoms with Crippen molar-refractivity contribution in [3.63, 3.8) is 0 Å². The first-order chi connectivity index (χ1) is 9.09. The van der Waals surface area contributed by atoms with Crippen LogP contribution in [0.4, 0.5) is 4.39 Å². The highest BCUT2D eigenvalue weighted by Crippen LogP contribution is 2.39. The second kappa shape index (κ2) is 4.92. The molecule has 2 aliphatic rings. The van der Waals surface area contributed by atoms with Gasteiger partial charge in [0.15, 0.2) is 5.75 Å². The van der Waals surface area contributed by atoms with E-state index in [1.165, 1.54) is 6.07 Å². The molecule has 0 saturated carbocycles. The summed E-state index contributed by atoms with van der Waals surface area (Å²) in [7, 11) is 0. The maximum Gasteiger partial charge on any atom is 0.261 e. The third-order valence-corrected chi connectivity index (χ3v) is 4.60. The molecule has 19 heavy (non-hydrogen) atoms. The van der Waals surface area contributed by atoms with Gasteiger partial charge in [0.05, 0.1) is 11.1 Å². The maximum atomic E-state index is 14.1. The van der Waals surface area contributed by atoms with Crippen molar-refractivity contribution in [2.45, 2.75) is 6.04 Å². The molecule has 1 amide bonds. The van der Waals surface area contributed by atoms with Gasteiger partial charge in [0.2, 0.25) is 0 Å². The van der Waals surface area contributed by atoms with Crippen LogP contribution in [0.3, 0.4) is 0 Å². The Bertz CT molecular complexity index is 555. The van der Waals surface area contributed by atoms with Gasteiger partial charge in [-0.1, -0.05) is 11.6 Å². The second-order valence-corrected chi connectivity index (χ2v) is 5.76. The number of halogens is 3. The van der Waals surface area contributed by atoms with Crippen LogP contribution in [-0.2, 0) is 0 Å². The third kappa shape index (κ3) is 2.11. The molecule has 2 heterocycles. The van der Waals surface area contributed by atoms with Crippen molar-refractivity contribution in [1.29, 1.82) is 0 Å².